The summed E-state index contributed by atoms with van der Waals surface area (Å²) in [6.45, 7) is 10.2. The van der Waals surface area contributed by atoms with Crippen molar-refractivity contribution < 1.29 is 0 Å². The van der Waals surface area contributed by atoms with Crippen molar-refractivity contribution in [3.05, 3.63) is 23.8 Å². The standard InChI is InChI=1S/C12H22N4/c1-9(2)13-5-10(3)14-7-12-8-15-11(4)6-16-12/h6,8-10,13-14H,5,7H2,1-4H3. The van der Waals surface area contributed by atoms with Crippen LogP contribution in [0.15, 0.2) is 12.4 Å². The van der Waals surface area contributed by atoms with E-state index in [1.807, 2.05) is 13.1 Å². The number of nitrogens with one attached hydrogen (secondary N) is 2. The average Bonchev–Trinajstić information content (AvgIpc) is 2.25. The summed E-state index contributed by atoms with van der Waals surface area (Å²) in [4.78, 5) is 8.51. The molecule has 2 N–H and O–H groups in total. The van der Waals surface area contributed by atoms with Crippen LogP contribution in [0.3, 0.4) is 0 Å². The van der Waals surface area contributed by atoms with Crippen molar-refractivity contribution in [3.63, 3.8) is 0 Å². The van der Waals surface area contributed by atoms with Gasteiger partial charge >= 0.3 is 0 Å². The lowest BCUT2D eigenvalue weighted by Gasteiger charge is -2.16. The number of aromatic nitrogens is 2. The van der Waals surface area contributed by atoms with Crippen LogP contribution in [-0.2, 0) is 6.54 Å². The molecular formula is C12H22N4. The molecule has 0 fully saturated rings. The Kier molecular flexibility index (Phi) is 5.35. The Labute approximate surface area is 97.9 Å². The molecule has 4 nitrogen and oxygen atoms in total. The minimum Gasteiger partial charge on any atom is -0.313 e. The molecule has 1 aromatic rings. The quantitative estimate of drug-likeness (QED) is 0.761. The zero-order chi connectivity index (χ0) is 12.0. The molecule has 0 aliphatic carbocycles. The van der Waals surface area contributed by atoms with Gasteiger partial charge in [0.2, 0.25) is 0 Å². The summed E-state index contributed by atoms with van der Waals surface area (Å²) in [6.07, 6.45) is 3.62. The highest BCUT2D eigenvalue weighted by Crippen LogP contribution is 1.94. The van der Waals surface area contributed by atoms with Crippen molar-refractivity contribution in [2.45, 2.75) is 46.3 Å². The molecule has 90 valence electrons. The summed E-state index contributed by atoms with van der Waals surface area (Å²) < 4.78 is 0. The largest absolute Gasteiger partial charge is 0.313 e. The van der Waals surface area contributed by atoms with E-state index in [2.05, 4.69) is 41.4 Å². The summed E-state index contributed by atoms with van der Waals surface area (Å²) in [6, 6.07) is 0.967. The zero-order valence-corrected chi connectivity index (χ0v) is 10.6. The number of nitrogens with zero attached hydrogens (tertiary/aromatic N) is 2. The maximum atomic E-state index is 4.30. The van der Waals surface area contributed by atoms with Crippen LogP contribution in [0.5, 0.6) is 0 Å². The van der Waals surface area contributed by atoms with E-state index in [0.717, 1.165) is 24.5 Å². The lowest BCUT2D eigenvalue weighted by Crippen LogP contribution is -2.38. The van der Waals surface area contributed by atoms with Crippen LogP contribution < -0.4 is 10.6 Å². The maximum Gasteiger partial charge on any atom is 0.0724 e. The molecule has 1 aromatic heterocycles. The summed E-state index contributed by atoms with van der Waals surface area (Å²) in [5.74, 6) is 0. The van der Waals surface area contributed by atoms with E-state index in [1.54, 1.807) is 6.20 Å². The predicted octanol–water partition coefficient (Wildman–Crippen LogP) is 1.26. The van der Waals surface area contributed by atoms with Crippen molar-refractivity contribution >= 4 is 0 Å². The topological polar surface area (TPSA) is 49.8 Å². The molecule has 0 bridgehead atoms. The highest BCUT2D eigenvalue weighted by molar-refractivity contribution is 5.00. The van der Waals surface area contributed by atoms with Crippen molar-refractivity contribution in [1.82, 2.24) is 20.6 Å². The first-order valence-electron chi connectivity index (χ1n) is 5.82. The lowest BCUT2D eigenvalue weighted by molar-refractivity contribution is 0.471. The molecule has 0 spiro atoms. The second-order valence-electron chi connectivity index (χ2n) is 4.49. The lowest BCUT2D eigenvalue weighted by atomic mass is 10.3. The monoisotopic (exact) mass is 222 g/mol. The van der Waals surface area contributed by atoms with E-state index in [9.17, 15) is 0 Å². The molecule has 1 atom stereocenters. The van der Waals surface area contributed by atoms with Crippen molar-refractivity contribution in [2.75, 3.05) is 6.54 Å². The normalized spacial score (nSPS) is 13.1. The van der Waals surface area contributed by atoms with Gasteiger partial charge < -0.3 is 10.6 Å². The van der Waals surface area contributed by atoms with Gasteiger partial charge in [-0.15, -0.1) is 0 Å². The molecule has 1 rings (SSSR count). The highest BCUT2D eigenvalue weighted by Gasteiger charge is 2.02. The van der Waals surface area contributed by atoms with Gasteiger partial charge in [0.15, 0.2) is 0 Å². The zero-order valence-electron chi connectivity index (χ0n) is 10.6. The van der Waals surface area contributed by atoms with Gasteiger partial charge in [0.25, 0.3) is 0 Å². The van der Waals surface area contributed by atoms with Crippen LogP contribution >= 0.6 is 0 Å². The maximum absolute atomic E-state index is 4.30. The fraction of sp³-hybridized carbons (Fsp3) is 0.667. The second-order valence-corrected chi connectivity index (χ2v) is 4.49. The van der Waals surface area contributed by atoms with Crippen LogP contribution in [-0.4, -0.2) is 28.6 Å². The molecule has 0 aliphatic heterocycles. The Morgan fingerprint density at radius 1 is 1.12 bits per heavy atom. The molecule has 0 radical (unpaired) electrons. The average molecular weight is 222 g/mol. The first-order chi connectivity index (χ1) is 7.58. The number of aryl methyl sites for hydroxylation is 1. The van der Waals surface area contributed by atoms with E-state index in [0.29, 0.717) is 12.1 Å². The first-order valence-corrected chi connectivity index (χ1v) is 5.82. The molecule has 16 heavy (non-hydrogen) atoms. The summed E-state index contributed by atoms with van der Waals surface area (Å²) in [7, 11) is 0. The predicted molar refractivity (Wildman–Crippen MR) is 66.2 cm³/mol. The van der Waals surface area contributed by atoms with Crippen LogP contribution in [0.2, 0.25) is 0 Å². The number of rotatable bonds is 6. The van der Waals surface area contributed by atoms with Gasteiger partial charge in [-0.3, -0.25) is 9.97 Å². The van der Waals surface area contributed by atoms with Gasteiger partial charge in [-0.25, -0.2) is 0 Å². The van der Waals surface area contributed by atoms with Crippen LogP contribution in [0.25, 0.3) is 0 Å². The molecule has 0 saturated heterocycles. The summed E-state index contributed by atoms with van der Waals surface area (Å²) in [5, 5.41) is 6.80. The summed E-state index contributed by atoms with van der Waals surface area (Å²) >= 11 is 0. The third kappa shape index (κ3) is 5.19. The number of hydrogen-bond acceptors (Lipinski definition) is 4. The van der Waals surface area contributed by atoms with Crippen LogP contribution in [0, 0.1) is 6.92 Å². The molecule has 4 heteroatoms. The molecule has 1 heterocycles. The van der Waals surface area contributed by atoms with E-state index in [1.165, 1.54) is 0 Å². The molecule has 0 aliphatic rings. The fourth-order valence-electron chi connectivity index (χ4n) is 1.27. The molecule has 0 aromatic carbocycles. The number of hydrogen-bond donors (Lipinski definition) is 2. The summed E-state index contributed by atoms with van der Waals surface area (Å²) in [5.41, 5.74) is 1.94. The van der Waals surface area contributed by atoms with Gasteiger partial charge in [0, 0.05) is 37.6 Å². The molecule has 1 unspecified atom stereocenters. The Morgan fingerprint density at radius 2 is 1.88 bits per heavy atom. The highest BCUT2D eigenvalue weighted by atomic mass is 15.0. The van der Waals surface area contributed by atoms with Crippen molar-refractivity contribution in [3.8, 4) is 0 Å². The minimum absolute atomic E-state index is 0.436. The fourth-order valence-corrected chi connectivity index (χ4v) is 1.27. The van der Waals surface area contributed by atoms with E-state index in [-0.39, 0.29) is 0 Å². The van der Waals surface area contributed by atoms with Crippen molar-refractivity contribution in [2.24, 2.45) is 0 Å². The van der Waals surface area contributed by atoms with E-state index in [4.69, 9.17) is 0 Å². The Hall–Kier alpha value is -1.00. The SMILES string of the molecule is Cc1cnc(CNC(C)CNC(C)C)cn1. The Balaban J connectivity index is 2.26. The van der Waals surface area contributed by atoms with Crippen LogP contribution in [0.1, 0.15) is 32.2 Å². The van der Waals surface area contributed by atoms with Gasteiger partial charge in [-0.2, -0.15) is 0 Å². The smallest absolute Gasteiger partial charge is 0.0724 e. The minimum atomic E-state index is 0.436. The molecule has 0 saturated carbocycles. The van der Waals surface area contributed by atoms with E-state index < -0.39 is 0 Å². The van der Waals surface area contributed by atoms with Crippen molar-refractivity contribution in [1.29, 1.82) is 0 Å². The van der Waals surface area contributed by atoms with Gasteiger partial charge in [-0.1, -0.05) is 13.8 Å². The Bertz CT molecular complexity index is 294. The molecule has 0 amide bonds. The first kappa shape index (κ1) is 13.1. The van der Waals surface area contributed by atoms with Gasteiger partial charge in [0.05, 0.1) is 11.4 Å². The third-order valence-corrected chi connectivity index (χ3v) is 2.30. The van der Waals surface area contributed by atoms with E-state index >= 15 is 0 Å². The van der Waals surface area contributed by atoms with Crippen LogP contribution in [0.4, 0.5) is 0 Å². The van der Waals surface area contributed by atoms with Gasteiger partial charge in [-0.05, 0) is 13.8 Å². The Morgan fingerprint density at radius 3 is 2.44 bits per heavy atom. The molecular weight excluding hydrogens is 200 g/mol. The van der Waals surface area contributed by atoms with Gasteiger partial charge in [0.1, 0.15) is 0 Å². The second kappa shape index (κ2) is 6.55. The third-order valence-electron chi connectivity index (χ3n) is 2.30.